The lowest BCUT2D eigenvalue weighted by Crippen LogP contribution is -2.30. The van der Waals surface area contributed by atoms with Crippen molar-refractivity contribution in [3.05, 3.63) is 97.2 Å². The number of allylic oxidation sites excluding steroid dienone is 16. The quantitative estimate of drug-likeness (QED) is 0.0262. The molecule has 0 aliphatic carbocycles. The molecule has 0 aromatic carbocycles. The highest BCUT2D eigenvalue weighted by Gasteiger charge is 2.19. The number of rotatable bonds is 47. The minimum Gasteiger partial charge on any atom is -0.462 e. The summed E-state index contributed by atoms with van der Waals surface area (Å²) < 4.78 is 16.7. The van der Waals surface area contributed by atoms with Crippen LogP contribution < -0.4 is 0 Å². The maximum absolute atomic E-state index is 12.8. The Labute approximate surface area is 400 Å². The lowest BCUT2D eigenvalue weighted by atomic mass is 10.1. The van der Waals surface area contributed by atoms with Gasteiger partial charge in [-0.05, 0) is 109 Å². The molecule has 0 amide bonds. The smallest absolute Gasteiger partial charge is 0.306 e. The maximum Gasteiger partial charge on any atom is 0.306 e. The van der Waals surface area contributed by atoms with Crippen LogP contribution in [0.2, 0.25) is 0 Å². The number of hydrogen-bond acceptors (Lipinski definition) is 6. The van der Waals surface area contributed by atoms with Crippen LogP contribution in [0.3, 0.4) is 0 Å². The largest absolute Gasteiger partial charge is 0.462 e. The van der Waals surface area contributed by atoms with Crippen LogP contribution >= 0.6 is 0 Å². The van der Waals surface area contributed by atoms with Gasteiger partial charge in [-0.15, -0.1) is 0 Å². The average Bonchev–Trinajstić information content (AvgIpc) is 3.30. The second-order valence-electron chi connectivity index (χ2n) is 17.4. The summed E-state index contributed by atoms with van der Waals surface area (Å²) in [5.41, 5.74) is 0. The Morgan fingerprint density at radius 2 is 0.600 bits per heavy atom. The second kappa shape index (κ2) is 52.9. The summed E-state index contributed by atoms with van der Waals surface area (Å²) in [5.74, 6) is -1.06. The van der Waals surface area contributed by atoms with Gasteiger partial charge in [0.1, 0.15) is 13.2 Å². The number of hydrogen-bond donors (Lipinski definition) is 0. The van der Waals surface area contributed by atoms with E-state index < -0.39 is 6.10 Å². The first-order valence-electron chi connectivity index (χ1n) is 26.7. The molecule has 0 bridgehead atoms. The van der Waals surface area contributed by atoms with Gasteiger partial charge in [-0.3, -0.25) is 14.4 Å². The van der Waals surface area contributed by atoms with Crippen molar-refractivity contribution in [2.24, 2.45) is 0 Å². The number of esters is 3. The standard InChI is InChI=1S/C59H98O6/c1-4-7-10-13-16-19-22-25-27-29-31-34-37-40-43-46-49-52-58(61)64-55-56(54-63-57(60)51-48-45-42-39-36-33-24-21-18-15-12-9-6-3)65-59(62)53-50-47-44-41-38-35-32-30-28-26-23-20-17-14-11-8-5-2/h16-17,19-20,25-28,31,33-34,36,40,42-43,45,56H,4-15,18,21-24,29-30,32,35,37-39,41,44,46-55H2,1-3H3/b19-16+,20-17+,27-25+,28-26+,34-31+,36-33+,43-40+,45-42+. The van der Waals surface area contributed by atoms with Crippen LogP contribution in [-0.4, -0.2) is 37.2 Å². The van der Waals surface area contributed by atoms with Crippen molar-refractivity contribution >= 4 is 17.9 Å². The van der Waals surface area contributed by atoms with Gasteiger partial charge in [0.25, 0.3) is 0 Å². The zero-order chi connectivity index (χ0) is 47.2. The molecule has 0 spiro atoms. The molecule has 0 fully saturated rings. The van der Waals surface area contributed by atoms with E-state index in [9.17, 15) is 14.4 Å². The molecule has 0 aromatic heterocycles. The molecule has 0 N–H and O–H groups in total. The van der Waals surface area contributed by atoms with Crippen molar-refractivity contribution in [3.63, 3.8) is 0 Å². The number of unbranched alkanes of at least 4 members (excludes halogenated alkanes) is 20. The van der Waals surface area contributed by atoms with Gasteiger partial charge in [-0.25, -0.2) is 0 Å². The lowest BCUT2D eigenvalue weighted by Gasteiger charge is -2.18. The summed E-state index contributed by atoms with van der Waals surface area (Å²) in [5, 5.41) is 0. The second-order valence-corrected chi connectivity index (χ2v) is 17.4. The first-order chi connectivity index (χ1) is 32.0. The molecule has 65 heavy (non-hydrogen) atoms. The number of carbonyl (C=O) groups is 3. The van der Waals surface area contributed by atoms with Crippen LogP contribution in [0.25, 0.3) is 0 Å². The highest BCUT2D eigenvalue weighted by atomic mass is 16.6. The molecule has 1 unspecified atom stereocenters. The van der Waals surface area contributed by atoms with Crippen LogP contribution in [0.5, 0.6) is 0 Å². The van der Waals surface area contributed by atoms with Crippen molar-refractivity contribution in [2.75, 3.05) is 13.2 Å². The van der Waals surface area contributed by atoms with Gasteiger partial charge in [0.15, 0.2) is 6.10 Å². The molecule has 0 heterocycles. The van der Waals surface area contributed by atoms with Gasteiger partial charge in [0, 0.05) is 19.3 Å². The van der Waals surface area contributed by atoms with Crippen molar-refractivity contribution in [1.29, 1.82) is 0 Å². The van der Waals surface area contributed by atoms with E-state index in [1.807, 2.05) is 6.08 Å². The minimum atomic E-state index is -0.827. The summed E-state index contributed by atoms with van der Waals surface area (Å²) in [4.78, 5) is 38.0. The Kier molecular flexibility index (Phi) is 50.0. The van der Waals surface area contributed by atoms with E-state index in [0.29, 0.717) is 19.3 Å². The van der Waals surface area contributed by atoms with Crippen molar-refractivity contribution < 1.29 is 28.6 Å². The third-order valence-electron chi connectivity index (χ3n) is 11.0. The molecule has 6 nitrogen and oxygen atoms in total. The summed E-state index contributed by atoms with van der Waals surface area (Å²) in [6.07, 6.45) is 69.8. The van der Waals surface area contributed by atoms with Gasteiger partial charge < -0.3 is 14.2 Å². The Bertz CT molecular complexity index is 1310. The van der Waals surface area contributed by atoms with Crippen LogP contribution in [-0.2, 0) is 28.6 Å². The molecule has 370 valence electrons. The molecule has 0 aromatic rings. The Hall–Kier alpha value is -3.67. The minimum absolute atomic E-state index is 0.127. The molecule has 1 atom stereocenters. The SMILES string of the molecule is CCCCC/C=C/C/C=C/C/C=C/C/C=C/CCCC(=O)OCC(COC(=O)CC/C=C/C/C=C/CCCCCCCC)OC(=O)CCCCCCCCC/C=C/C/C=C/CCCCC. The fraction of sp³-hybridized carbons (Fsp3) is 0.678. The van der Waals surface area contributed by atoms with Gasteiger partial charge in [-0.2, -0.15) is 0 Å². The normalized spacial score (nSPS) is 12.8. The Balaban J connectivity index is 4.55. The van der Waals surface area contributed by atoms with Crippen LogP contribution in [0, 0.1) is 0 Å². The van der Waals surface area contributed by atoms with Crippen molar-refractivity contribution in [3.8, 4) is 0 Å². The third kappa shape index (κ3) is 51.2. The molecule has 0 radical (unpaired) electrons. The van der Waals surface area contributed by atoms with E-state index in [-0.39, 0.29) is 44.0 Å². The highest BCUT2D eigenvalue weighted by Crippen LogP contribution is 2.13. The molecule has 0 aliphatic rings. The Morgan fingerprint density at radius 1 is 0.308 bits per heavy atom. The topological polar surface area (TPSA) is 78.9 Å². The highest BCUT2D eigenvalue weighted by molar-refractivity contribution is 5.71. The van der Waals surface area contributed by atoms with Gasteiger partial charge in [0.2, 0.25) is 0 Å². The van der Waals surface area contributed by atoms with Gasteiger partial charge in [-0.1, -0.05) is 208 Å². The third-order valence-corrected chi connectivity index (χ3v) is 11.0. The van der Waals surface area contributed by atoms with Crippen molar-refractivity contribution in [1.82, 2.24) is 0 Å². The van der Waals surface area contributed by atoms with Gasteiger partial charge >= 0.3 is 17.9 Å². The average molecular weight is 903 g/mol. The zero-order valence-electron chi connectivity index (χ0n) is 42.2. The predicted octanol–water partition coefficient (Wildman–Crippen LogP) is 17.8. The van der Waals surface area contributed by atoms with Crippen molar-refractivity contribution in [2.45, 2.75) is 245 Å². The fourth-order valence-electron chi connectivity index (χ4n) is 6.99. The first-order valence-corrected chi connectivity index (χ1v) is 26.7. The predicted molar refractivity (Wildman–Crippen MR) is 279 cm³/mol. The summed E-state index contributed by atoms with van der Waals surface area (Å²) in [6.45, 7) is 6.46. The van der Waals surface area contributed by atoms with E-state index >= 15 is 0 Å². The van der Waals surface area contributed by atoms with Crippen LogP contribution in [0.15, 0.2) is 97.2 Å². The van der Waals surface area contributed by atoms with E-state index in [2.05, 4.69) is 112 Å². The molecular formula is C59H98O6. The molecule has 0 saturated carbocycles. The molecule has 0 saturated heterocycles. The van der Waals surface area contributed by atoms with E-state index in [4.69, 9.17) is 14.2 Å². The lowest BCUT2D eigenvalue weighted by molar-refractivity contribution is -0.166. The summed E-state index contributed by atoms with van der Waals surface area (Å²) in [6, 6.07) is 0. The fourth-order valence-corrected chi connectivity index (χ4v) is 6.99. The first kappa shape index (κ1) is 61.3. The van der Waals surface area contributed by atoms with E-state index in [1.54, 1.807) is 0 Å². The summed E-state index contributed by atoms with van der Waals surface area (Å²) >= 11 is 0. The van der Waals surface area contributed by atoms with E-state index in [1.165, 1.54) is 116 Å². The summed E-state index contributed by atoms with van der Waals surface area (Å²) in [7, 11) is 0. The molecular weight excluding hydrogens is 805 g/mol. The van der Waals surface area contributed by atoms with Gasteiger partial charge in [0.05, 0.1) is 0 Å². The van der Waals surface area contributed by atoms with Crippen LogP contribution in [0.4, 0.5) is 0 Å². The maximum atomic E-state index is 12.8. The van der Waals surface area contributed by atoms with E-state index in [0.717, 1.165) is 70.6 Å². The Morgan fingerprint density at radius 3 is 1.03 bits per heavy atom. The zero-order valence-corrected chi connectivity index (χ0v) is 42.2. The monoisotopic (exact) mass is 903 g/mol. The molecule has 0 aliphatic heterocycles. The molecule has 0 rings (SSSR count). The van der Waals surface area contributed by atoms with Crippen LogP contribution in [0.1, 0.15) is 239 Å². The molecule has 6 heteroatoms. The number of carbonyl (C=O) groups excluding carboxylic acids is 3. The number of ether oxygens (including phenoxy) is 3.